The third-order valence-corrected chi connectivity index (χ3v) is 6.26. The fourth-order valence-corrected chi connectivity index (χ4v) is 4.19. The minimum absolute atomic E-state index is 0.0835. The molecular weight excluding hydrogens is 462 g/mol. The Bertz CT molecular complexity index is 1150. The van der Waals surface area contributed by atoms with Gasteiger partial charge in [0.1, 0.15) is 12.3 Å². The predicted octanol–water partition coefficient (Wildman–Crippen LogP) is 1.05. The van der Waals surface area contributed by atoms with Gasteiger partial charge in [-0.3, -0.25) is 28.2 Å². The van der Waals surface area contributed by atoms with Crippen LogP contribution in [0.4, 0.5) is 4.39 Å². The van der Waals surface area contributed by atoms with Crippen LogP contribution in [0.3, 0.4) is 0 Å². The summed E-state index contributed by atoms with van der Waals surface area (Å²) in [6, 6.07) is 9.43. The molecule has 1 aliphatic rings. The smallest absolute Gasteiger partial charge is 0.379 e. The summed E-state index contributed by atoms with van der Waals surface area (Å²) in [5.74, 6) is -2.03. The Morgan fingerprint density at radius 3 is 2.70 bits per heavy atom. The standard InChI is InChI=1S/C20H24FN2O9P/c1-13(24)20(27)10-17(23-11-15(21)18(25)22-19(23)26)32-16(20)12-31-33(28,29)30-9-5-8-14-6-3-2-4-7-14/h2-4,6-7,11,16-17,27H,5,8-10,12H2,1H3,(H,28,29)(H,22,25,26)/t16-,17-,20-/m1/s1. The quantitative estimate of drug-likeness (QED) is 0.330. The second-order valence-corrected chi connectivity index (χ2v) is 9.05. The van der Waals surface area contributed by atoms with Gasteiger partial charge in [-0.05, 0) is 25.3 Å². The summed E-state index contributed by atoms with van der Waals surface area (Å²) in [5.41, 5.74) is -3.42. The van der Waals surface area contributed by atoms with Crippen molar-refractivity contribution in [3.8, 4) is 0 Å². The van der Waals surface area contributed by atoms with Crippen LogP contribution in [-0.2, 0) is 29.6 Å². The third kappa shape index (κ3) is 6.11. The summed E-state index contributed by atoms with van der Waals surface area (Å²) in [6.07, 6.45) is -1.63. The molecular formula is C20H24FN2O9P. The van der Waals surface area contributed by atoms with Crippen molar-refractivity contribution in [3.05, 3.63) is 68.7 Å². The van der Waals surface area contributed by atoms with Crippen LogP contribution < -0.4 is 11.2 Å². The number of Topliss-reactive ketones (excluding diaryl/α,β-unsaturated/α-hetero) is 1. The lowest BCUT2D eigenvalue weighted by atomic mass is 9.91. The summed E-state index contributed by atoms with van der Waals surface area (Å²) in [4.78, 5) is 46.9. The lowest BCUT2D eigenvalue weighted by molar-refractivity contribution is -0.144. The number of benzene rings is 1. The van der Waals surface area contributed by atoms with Gasteiger partial charge in [0.2, 0.25) is 5.82 Å². The van der Waals surface area contributed by atoms with Gasteiger partial charge in [-0.1, -0.05) is 30.3 Å². The number of hydrogen-bond acceptors (Lipinski definition) is 8. The van der Waals surface area contributed by atoms with Crippen LogP contribution in [0.1, 0.15) is 31.6 Å². The van der Waals surface area contributed by atoms with E-state index in [1.807, 2.05) is 30.3 Å². The molecule has 0 amide bonds. The Balaban J connectivity index is 1.61. The van der Waals surface area contributed by atoms with E-state index in [1.165, 1.54) is 0 Å². The number of H-pyrrole nitrogens is 1. The average molecular weight is 486 g/mol. The Morgan fingerprint density at radius 1 is 1.33 bits per heavy atom. The number of rotatable bonds is 10. The van der Waals surface area contributed by atoms with Gasteiger partial charge in [0, 0.05) is 6.42 Å². The Morgan fingerprint density at radius 2 is 2.03 bits per heavy atom. The van der Waals surface area contributed by atoms with E-state index >= 15 is 0 Å². The molecule has 1 aromatic carbocycles. The number of carbonyl (C=O) groups is 1. The van der Waals surface area contributed by atoms with Crippen molar-refractivity contribution >= 4 is 13.6 Å². The lowest BCUT2D eigenvalue weighted by Crippen LogP contribution is -2.47. The molecule has 3 rings (SSSR count). The van der Waals surface area contributed by atoms with Crippen LogP contribution in [0.15, 0.2) is 46.1 Å². The number of nitrogens with zero attached hydrogens (tertiary/aromatic N) is 1. The molecule has 13 heteroatoms. The van der Waals surface area contributed by atoms with E-state index in [-0.39, 0.29) is 6.61 Å². The van der Waals surface area contributed by atoms with Crippen molar-refractivity contribution in [2.24, 2.45) is 0 Å². The van der Waals surface area contributed by atoms with Crippen LogP contribution in [0.25, 0.3) is 0 Å². The van der Waals surface area contributed by atoms with Gasteiger partial charge >= 0.3 is 13.5 Å². The second kappa shape index (κ2) is 10.2. The molecule has 1 aliphatic heterocycles. The van der Waals surface area contributed by atoms with E-state index in [9.17, 15) is 33.3 Å². The first-order valence-electron chi connectivity index (χ1n) is 10.1. The summed E-state index contributed by atoms with van der Waals surface area (Å²) < 4.78 is 41.8. The first-order valence-corrected chi connectivity index (χ1v) is 11.6. The Hall–Kier alpha value is -2.47. The number of phosphoric ester groups is 1. The van der Waals surface area contributed by atoms with E-state index in [4.69, 9.17) is 13.8 Å². The molecule has 0 bridgehead atoms. The summed E-state index contributed by atoms with van der Waals surface area (Å²) in [7, 11) is -4.55. The molecule has 11 nitrogen and oxygen atoms in total. The average Bonchev–Trinajstić information content (AvgIpc) is 3.11. The van der Waals surface area contributed by atoms with Crippen molar-refractivity contribution in [3.63, 3.8) is 0 Å². The monoisotopic (exact) mass is 486 g/mol. The number of ether oxygens (including phenoxy) is 1. The molecule has 0 aliphatic carbocycles. The van der Waals surface area contributed by atoms with Crippen molar-refractivity contribution in [2.75, 3.05) is 13.2 Å². The minimum Gasteiger partial charge on any atom is -0.379 e. The molecule has 0 saturated carbocycles. The number of ketones is 1. The molecule has 33 heavy (non-hydrogen) atoms. The summed E-state index contributed by atoms with van der Waals surface area (Å²) >= 11 is 0. The molecule has 1 fully saturated rings. The molecule has 1 aromatic heterocycles. The van der Waals surface area contributed by atoms with Crippen LogP contribution in [0.2, 0.25) is 0 Å². The highest BCUT2D eigenvalue weighted by atomic mass is 31.2. The Kier molecular flexibility index (Phi) is 7.78. The topological polar surface area (TPSA) is 157 Å². The fourth-order valence-electron chi connectivity index (χ4n) is 3.43. The van der Waals surface area contributed by atoms with Gasteiger partial charge < -0.3 is 14.7 Å². The van der Waals surface area contributed by atoms with Gasteiger partial charge in [0.25, 0.3) is 5.56 Å². The maximum absolute atomic E-state index is 13.6. The van der Waals surface area contributed by atoms with Gasteiger partial charge in [0.05, 0.1) is 19.4 Å². The third-order valence-electron chi connectivity index (χ3n) is 5.28. The molecule has 1 unspecified atom stereocenters. The molecule has 0 radical (unpaired) electrons. The highest BCUT2D eigenvalue weighted by molar-refractivity contribution is 7.47. The van der Waals surface area contributed by atoms with Crippen LogP contribution in [0, 0.1) is 5.82 Å². The zero-order chi connectivity index (χ0) is 24.2. The maximum atomic E-state index is 13.6. The van der Waals surface area contributed by atoms with Crippen molar-refractivity contribution in [2.45, 2.75) is 44.1 Å². The van der Waals surface area contributed by atoms with Crippen molar-refractivity contribution in [1.29, 1.82) is 0 Å². The molecule has 180 valence electrons. The van der Waals surface area contributed by atoms with E-state index in [0.29, 0.717) is 23.6 Å². The van der Waals surface area contributed by atoms with E-state index in [1.54, 1.807) is 4.98 Å². The zero-order valence-electron chi connectivity index (χ0n) is 17.7. The van der Waals surface area contributed by atoms with Crippen molar-refractivity contribution in [1.82, 2.24) is 9.55 Å². The summed E-state index contributed by atoms with van der Waals surface area (Å²) in [5, 5.41) is 10.8. The second-order valence-electron chi connectivity index (χ2n) is 7.59. The summed E-state index contributed by atoms with van der Waals surface area (Å²) in [6.45, 7) is 0.257. The SMILES string of the molecule is CC(=O)[C@]1(O)C[C@H](n2cc(F)c(=O)[nH]c2=O)O[C@@H]1COP(=O)(O)OCCCc1ccccc1. The maximum Gasteiger partial charge on any atom is 0.472 e. The highest BCUT2D eigenvalue weighted by Crippen LogP contribution is 2.46. The van der Waals surface area contributed by atoms with Gasteiger partial charge in [-0.15, -0.1) is 0 Å². The van der Waals surface area contributed by atoms with E-state index < -0.39 is 61.6 Å². The first-order chi connectivity index (χ1) is 15.5. The van der Waals surface area contributed by atoms with Gasteiger partial charge in [0.15, 0.2) is 11.4 Å². The number of aryl methyl sites for hydroxylation is 1. The number of carbonyl (C=O) groups excluding carboxylic acids is 1. The molecule has 3 N–H and O–H groups in total. The number of hydrogen-bond donors (Lipinski definition) is 3. The number of aromatic amines is 1. The normalized spacial score (nSPS) is 24.5. The molecule has 0 spiro atoms. The van der Waals surface area contributed by atoms with Crippen LogP contribution in [-0.4, -0.2) is 50.3 Å². The highest BCUT2D eigenvalue weighted by Gasteiger charge is 2.52. The van der Waals surface area contributed by atoms with E-state index in [0.717, 1.165) is 12.5 Å². The number of nitrogens with one attached hydrogen (secondary N) is 1. The van der Waals surface area contributed by atoms with Crippen LogP contribution >= 0.6 is 7.82 Å². The van der Waals surface area contributed by atoms with Gasteiger partial charge in [-0.2, -0.15) is 4.39 Å². The molecule has 1 saturated heterocycles. The van der Waals surface area contributed by atoms with Crippen molar-refractivity contribution < 1.29 is 37.5 Å². The molecule has 4 atom stereocenters. The zero-order valence-corrected chi connectivity index (χ0v) is 18.6. The largest absolute Gasteiger partial charge is 0.472 e. The number of halogens is 1. The Labute approximate surface area is 187 Å². The van der Waals surface area contributed by atoms with Crippen LogP contribution in [0.5, 0.6) is 0 Å². The number of aliphatic hydroxyl groups is 1. The molecule has 2 aromatic rings. The number of phosphoric acid groups is 1. The number of aromatic nitrogens is 2. The fraction of sp³-hybridized carbons (Fsp3) is 0.450. The lowest BCUT2D eigenvalue weighted by Gasteiger charge is -2.25. The van der Waals surface area contributed by atoms with E-state index in [2.05, 4.69) is 0 Å². The predicted molar refractivity (Wildman–Crippen MR) is 112 cm³/mol. The van der Waals surface area contributed by atoms with Gasteiger partial charge in [-0.25, -0.2) is 9.36 Å². The first kappa shape index (κ1) is 25.2. The molecule has 2 heterocycles. The minimum atomic E-state index is -4.55.